The first kappa shape index (κ1) is 14.9. The van der Waals surface area contributed by atoms with Gasteiger partial charge in [0.2, 0.25) is 5.91 Å². The molecule has 1 aliphatic carbocycles. The Labute approximate surface area is 121 Å². The molecule has 2 aliphatic rings. The summed E-state index contributed by atoms with van der Waals surface area (Å²) in [7, 11) is 0. The highest BCUT2D eigenvalue weighted by atomic mass is 32.2. The van der Waals surface area contributed by atoms with Gasteiger partial charge in [-0.25, -0.2) is 0 Å². The van der Waals surface area contributed by atoms with Crippen LogP contribution in [0.4, 0.5) is 0 Å². The van der Waals surface area contributed by atoms with Crippen LogP contribution >= 0.6 is 11.8 Å². The van der Waals surface area contributed by atoms with Gasteiger partial charge in [0.05, 0.1) is 11.3 Å². The van der Waals surface area contributed by atoms with Gasteiger partial charge in [-0.05, 0) is 19.3 Å². The number of carbonyl (C=O) groups excluding carboxylic acids is 1. The van der Waals surface area contributed by atoms with E-state index in [-0.39, 0.29) is 11.2 Å². The molecule has 2 rings (SSSR count). The lowest BCUT2D eigenvalue weighted by atomic mass is 9.97. The van der Waals surface area contributed by atoms with Crippen molar-refractivity contribution >= 4 is 22.8 Å². The number of carbonyl (C=O) groups is 1. The van der Waals surface area contributed by atoms with Crippen molar-refractivity contribution in [2.45, 2.75) is 82.4 Å². The molecule has 1 atom stereocenters. The lowest BCUT2D eigenvalue weighted by Gasteiger charge is -2.16. The molecule has 1 N–H and O–H groups in total. The van der Waals surface area contributed by atoms with Gasteiger partial charge in [-0.15, -0.1) is 0 Å². The Morgan fingerprint density at radius 2 is 1.89 bits per heavy atom. The van der Waals surface area contributed by atoms with Crippen LogP contribution in [0.2, 0.25) is 0 Å². The van der Waals surface area contributed by atoms with Crippen molar-refractivity contribution in [2.24, 2.45) is 4.99 Å². The fourth-order valence-electron chi connectivity index (χ4n) is 2.78. The van der Waals surface area contributed by atoms with E-state index < -0.39 is 0 Å². The summed E-state index contributed by atoms with van der Waals surface area (Å²) in [6.45, 7) is 2.17. The number of hydrogen-bond donors (Lipinski definition) is 1. The number of hydrogen-bond acceptors (Lipinski definition) is 3. The van der Waals surface area contributed by atoms with E-state index in [9.17, 15) is 4.79 Å². The molecule has 3 nitrogen and oxygen atoms in total. The molecule has 0 aromatic carbocycles. The van der Waals surface area contributed by atoms with Gasteiger partial charge in [0.1, 0.15) is 0 Å². The second kappa shape index (κ2) is 7.93. The zero-order valence-corrected chi connectivity index (χ0v) is 12.8. The van der Waals surface area contributed by atoms with Gasteiger partial charge < -0.3 is 5.32 Å². The molecule has 1 unspecified atom stereocenters. The Balaban J connectivity index is 1.86. The van der Waals surface area contributed by atoms with Crippen LogP contribution in [0, 0.1) is 0 Å². The molecule has 0 radical (unpaired) electrons. The van der Waals surface area contributed by atoms with Crippen molar-refractivity contribution < 1.29 is 4.79 Å². The van der Waals surface area contributed by atoms with E-state index in [2.05, 4.69) is 12.2 Å². The lowest BCUT2D eigenvalue weighted by Crippen LogP contribution is -2.25. The highest BCUT2D eigenvalue weighted by Gasteiger charge is 2.29. The van der Waals surface area contributed by atoms with Crippen LogP contribution in [0.1, 0.15) is 71.1 Å². The van der Waals surface area contributed by atoms with Crippen LogP contribution in [-0.2, 0) is 4.79 Å². The predicted octanol–water partition coefficient (Wildman–Crippen LogP) is 3.88. The van der Waals surface area contributed by atoms with Gasteiger partial charge in [-0.2, -0.15) is 0 Å². The van der Waals surface area contributed by atoms with Crippen molar-refractivity contribution in [3.63, 3.8) is 0 Å². The smallest absolute Gasteiger partial charge is 0.239 e. The highest BCUT2D eigenvalue weighted by Crippen LogP contribution is 2.26. The Bertz CT molecular complexity index is 322. The summed E-state index contributed by atoms with van der Waals surface area (Å²) in [6.07, 6.45) is 12.3. The summed E-state index contributed by atoms with van der Waals surface area (Å²) >= 11 is 1.65. The summed E-state index contributed by atoms with van der Waals surface area (Å²) in [4.78, 5) is 16.6. The molecule has 1 aliphatic heterocycles. The Morgan fingerprint density at radius 3 is 2.58 bits per heavy atom. The highest BCUT2D eigenvalue weighted by molar-refractivity contribution is 8.15. The molecule has 4 heteroatoms. The average Bonchev–Trinajstić information content (AvgIpc) is 2.70. The van der Waals surface area contributed by atoms with Crippen LogP contribution < -0.4 is 5.32 Å². The number of rotatable bonds is 4. The normalized spacial score (nSPS) is 28.2. The molecule has 2 fully saturated rings. The van der Waals surface area contributed by atoms with E-state index in [1.54, 1.807) is 11.8 Å². The fourth-order valence-corrected chi connectivity index (χ4v) is 3.86. The first-order chi connectivity index (χ1) is 9.29. The van der Waals surface area contributed by atoms with Gasteiger partial charge in [-0.1, -0.05) is 63.6 Å². The molecule has 108 valence electrons. The van der Waals surface area contributed by atoms with Crippen molar-refractivity contribution in [2.75, 3.05) is 0 Å². The molecule has 1 heterocycles. The Kier molecular flexibility index (Phi) is 6.21. The maximum absolute atomic E-state index is 11.8. The Morgan fingerprint density at radius 1 is 1.21 bits per heavy atom. The monoisotopic (exact) mass is 282 g/mol. The zero-order chi connectivity index (χ0) is 13.5. The van der Waals surface area contributed by atoms with Crippen LogP contribution in [0.5, 0.6) is 0 Å². The van der Waals surface area contributed by atoms with Crippen LogP contribution in [0.3, 0.4) is 0 Å². The molecule has 0 spiro atoms. The molecule has 0 aromatic heterocycles. The van der Waals surface area contributed by atoms with E-state index in [4.69, 9.17) is 4.99 Å². The van der Waals surface area contributed by atoms with E-state index >= 15 is 0 Å². The molecule has 0 bridgehead atoms. The quantitative estimate of drug-likeness (QED) is 0.850. The fraction of sp³-hybridized carbons (Fsp3) is 0.867. The molecule has 19 heavy (non-hydrogen) atoms. The van der Waals surface area contributed by atoms with E-state index in [0.29, 0.717) is 6.04 Å². The minimum atomic E-state index is 0.104. The summed E-state index contributed by atoms with van der Waals surface area (Å²) < 4.78 is 0. The maximum atomic E-state index is 11.8. The van der Waals surface area contributed by atoms with E-state index in [1.165, 1.54) is 44.9 Å². The first-order valence-electron chi connectivity index (χ1n) is 7.85. The molecule has 1 saturated carbocycles. The van der Waals surface area contributed by atoms with Crippen molar-refractivity contribution in [1.29, 1.82) is 0 Å². The summed E-state index contributed by atoms with van der Waals surface area (Å²) in [5.74, 6) is 0.169. The SMILES string of the molecule is CCCCC1SC(=NC2CCCCCCC2)NC1=O. The average molecular weight is 282 g/mol. The summed E-state index contributed by atoms with van der Waals surface area (Å²) in [5, 5.41) is 3.96. The largest absolute Gasteiger partial charge is 0.304 e. The number of nitrogens with one attached hydrogen (secondary N) is 1. The molecule has 1 amide bonds. The molecular formula is C15H26N2OS. The van der Waals surface area contributed by atoms with Gasteiger partial charge >= 0.3 is 0 Å². The molecular weight excluding hydrogens is 256 g/mol. The number of thioether (sulfide) groups is 1. The Hall–Kier alpha value is -0.510. The third-order valence-corrected chi connectivity index (χ3v) is 5.14. The van der Waals surface area contributed by atoms with Crippen LogP contribution in [0.15, 0.2) is 4.99 Å². The predicted molar refractivity (Wildman–Crippen MR) is 82.6 cm³/mol. The minimum absolute atomic E-state index is 0.104. The number of amides is 1. The van der Waals surface area contributed by atoms with Crippen molar-refractivity contribution in [3.8, 4) is 0 Å². The number of nitrogens with zero attached hydrogens (tertiary/aromatic N) is 1. The van der Waals surface area contributed by atoms with Crippen LogP contribution in [0.25, 0.3) is 0 Å². The van der Waals surface area contributed by atoms with Gasteiger partial charge in [0, 0.05) is 0 Å². The summed E-state index contributed by atoms with van der Waals surface area (Å²) in [6, 6.07) is 0.438. The topological polar surface area (TPSA) is 41.5 Å². The maximum Gasteiger partial charge on any atom is 0.239 e. The third kappa shape index (κ3) is 4.83. The van der Waals surface area contributed by atoms with Crippen molar-refractivity contribution in [3.05, 3.63) is 0 Å². The number of amidine groups is 1. The second-order valence-electron chi connectivity index (χ2n) is 5.67. The lowest BCUT2D eigenvalue weighted by molar-refractivity contribution is -0.118. The first-order valence-corrected chi connectivity index (χ1v) is 8.73. The number of aliphatic imine (C=N–C) groups is 1. The van der Waals surface area contributed by atoms with E-state index in [0.717, 1.165) is 24.4 Å². The van der Waals surface area contributed by atoms with E-state index in [1.807, 2.05) is 0 Å². The third-order valence-electron chi connectivity index (χ3n) is 3.97. The van der Waals surface area contributed by atoms with Gasteiger partial charge in [0.15, 0.2) is 5.17 Å². The number of unbranched alkanes of at least 4 members (excludes halogenated alkanes) is 1. The van der Waals surface area contributed by atoms with Gasteiger partial charge in [0.25, 0.3) is 0 Å². The van der Waals surface area contributed by atoms with Crippen LogP contribution in [-0.4, -0.2) is 22.4 Å². The molecule has 1 saturated heterocycles. The van der Waals surface area contributed by atoms with Crippen molar-refractivity contribution in [1.82, 2.24) is 5.32 Å². The molecule has 0 aromatic rings. The standard InChI is InChI=1S/C15H26N2OS/c1-2-3-11-13-14(18)17-15(19-13)16-12-9-7-5-4-6-8-10-12/h12-13H,2-11H2,1H3,(H,16,17,18). The second-order valence-corrected chi connectivity index (χ2v) is 6.86. The summed E-state index contributed by atoms with van der Waals surface area (Å²) in [5.41, 5.74) is 0. The minimum Gasteiger partial charge on any atom is -0.304 e. The van der Waals surface area contributed by atoms with Gasteiger partial charge in [-0.3, -0.25) is 9.79 Å². The zero-order valence-electron chi connectivity index (χ0n) is 12.0.